The van der Waals surface area contributed by atoms with Crippen molar-refractivity contribution in [2.45, 2.75) is 49.9 Å². The molecule has 0 aliphatic rings. The SMILES string of the molecule is NC(Cc1ccc(O)cc1)C(=O)NC(Cc1c[nH]c2ccccc12)C(=O)NC(Cc1ccc(O)cc1)C(=O)NC(Cc1c[nH]c2ccccc12)C(=O)O. The molecule has 0 spiro atoms. The highest BCUT2D eigenvalue weighted by molar-refractivity contribution is 5.95. The molecular weight excluding hydrogens is 676 g/mol. The van der Waals surface area contributed by atoms with E-state index in [1.54, 1.807) is 36.7 Å². The minimum atomic E-state index is -1.33. The highest BCUT2D eigenvalue weighted by Crippen LogP contribution is 2.21. The van der Waals surface area contributed by atoms with Gasteiger partial charge < -0.3 is 47.0 Å². The van der Waals surface area contributed by atoms with Gasteiger partial charge in [0.05, 0.1) is 6.04 Å². The third kappa shape index (κ3) is 9.01. The Labute approximate surface area is 304 Å². The number of fused-ring (bicyclic) bond motifs is 2. The summed E-state index contributed by atoms with van der Waals surface area (Å²) in [5.74, 6) is -3.23. The Bertz CT molecular complexity index is 2230. The van der Waals surface area contributed by atoms with E-state index in [0.717, 1.165) is 27.4 Å². The fourth-order valence-corrected chi connectivity index (χ4v) is 6.33. The van der Waals surface area contributed by atoms with Gasteiger partial charge in [0.1, 0.15) is 29.6 Å². The normalized spacial score (nSPS) is 13.5. The average Bonchev–Trinajstić information content (AvgIpc) is 3.76. The molecule has 0 bridgehead atoms. The molecule has 3 amide bonds. The second-order valence-electron chi connectivity index (χ2n) is 13.0. The maximum atomic E-state index is 14.2. The lowest BCUT2D eigenvalue weighted by molar-refractivity contribution is -0.142. The molecule has 53 heavy (non-hydrogen) atoms. The van der Waals surface area contributed by atoms with Crippen LogP contribution < -0.4 is 21.7 Å². The summed E-state index contributed by atoms with van der Waals surface area (Å²) in [6.07, 6.45) is 3.55. The van der Waals surface area contributed by atoms with Crippen LogP contribution in [0.2, 0.25) is 0 Å². The zero-order valence-electron chi connectivity index (χ0n) is 28.6. The van der Waals surface area contributed by atoms with Crippen molar-refractivity contribution in [2.24, 2.45) is 5.73 Å². The molecule has 6 rings (SSSR count). The number of benzene rings is 4. The van der Waals surface area contributed by atoms with Crippen molar-refractivity contribution in [2.75, 3.05) is 0 Å². The van der Waals surface area contributed by atoms with Gasteiger partial charge in [-0.1, -0.05) is 60.7 Å². The molecule has 0 aliphatic carbocycles. The Hall–Kier alpha value is -6.60. The van der Waals surface area contributed by atoms with E-state index in [2.05, 4.69) is 25.9 Å². The standard InChI is InChI=1S/C40H40N6O7/c41-31(17-23-9-13-27(47)14-10-23)37(49)44-35(19-25-21-42-32-7-3-1-5-29(25)32)39(51)45-34(18-24-11-15-28(48)16-12-24)38(50)46-36(40(52)53)20-26-22-43-33-8-4-2-6-30(26)33/h1-16,21-22,31,34-36,42-43,47-48H,17-20,41H2,(H,44,49)(H,45,51)(H,46,50)(H,52,53). The van der Waals surface area contributed by atoms with E-state index in [4.69, 9.17) is 5.73 Å². The predicted molar refractivity (Wildman–Crippen MR) is 199 cm³/mol. The van der Waals surface area contributed by atoms with E-state index in [1.165, 1.54) is 24.3 Å². The number of hydrogen-bond donors (Lipinski definition) is 9. The number of carboxylic acids is 1. The molecule has 0 fully saturated rings. The second-order valence-corrected chi connectivity index (χ2v) is 13.0. The first-order chi connectivity index (χ1) is 25.5. The molecule has 6 aromatic rings. The van der Waals surface area contributed by atoms with E-state index in [-0.39, 0.29) is 37.2 Å². The topological polar surface area (TPSA) is 223 Å². The third-order valence-corrected chi connectivity index (χ3v) is 9.18. The van der Waals surface area contributed by atoms with Gasteiger partial charge >= 0.3 is 5.97 Å². The minimum absolute atomic E-state index is 0.00797. The molecule has 13 nitrogen and oxygen atoms in total. The Morgan fingerprint density at radius 1 is 0.547 bits per heavy atom. The number of rotatable bonds is 15. The maximum Gasteiger partial charge on any atom is 0.326 e. The van der Waals surface area contributed by atoms with Crippen LogP contribution in [0.3, 0.4) is 0 Å². The number of hydrogen-bond acceptors (Lipinski definition) is 7. The van der Waals surface area contributed by atoms with Crippen molar-refractivity contribution in [1.82, 2.24) is 25.9 Å². The number of aromatic amines is 2. The summed E-state index contributed by atoms with van der Waals surface area (Å²) in [5.41, 5.74) is 10.6. The lowest BCUT2D eigenvalue weighted by Crippen LogP contribution is -2.58. The summed E-state index contributed by atoms with van der Waals surface area (Å²) >= 11 is 0. The number of para-hydroxylation sites is 2. The van der Waals surface area contributed by atoms with Crippen molar-refractivity contribution in [3.8, 4) is 11.5 Å². The lowest BCUT2D eigenvalue weighted by Gasteiger charge is -2.25. The van der Waals surface area contributed by atoms with Crippen molar-refractivity contribution in [3.63, 3.8) is 0 Å². The van der Waals surface area contributed by atoms with Gasteiger partial charge in [-0.3, -0.25) is 14.4 Å². The minimum Gasteiger partial charge on any atom is -0.508 e. The number of carboxylic acid groups (broad SMARTS) is 1. The number of aliphatic carboxylic acids is 1. The number of amides is 3. The van der Waals surface area contributed by atoms with Crippen LogP contribution in [0.1, 0.15) is 22.3 Å². The van der Waals surface area contributed by atoms with Crippen LogP contribution in [0, 0.1) is 0 Å². The molecule has 0 saturated heterocycles. The number of phenols is 2. The zero-order chi connectivity index (χ0) is 37.5. The molecule has 0 aliphatic heterocycles. The van der Waals surface area contributed by atoms with Crippen LogP contribution in [0.4, 0.5) is 0 Å². The van der Waals surface area contributed by atoms with Crippen LogP contribution in [0.25, 0.3) is 21.8 Å². The largest absolute Gasteiger partial charge is 0.508 e. The molecule has 2 aromatic heterocycles. The van der Waals surface area contributed by atoms with Crippen LogP contribution >= 0.6 is 0 Å². The van der Waals surface area contributed by atoms with Gasteiger partial charge in [-0.25, -0.2) is 4.79 Å². The maximum absolute atomic E-state index is 14.2. The molecule has 10 N–H and O–H groups in total. The fraction of sp³-hybridized carbons (Fsp3) is 0.200. The van der Waals surface area contributed by atoms with E-state index < -0.39 is 47.9 Å². The zero-order valence-corrected chi connectivity index (χ0v) is 28.6. The number of carbonyl (C=O) groups is 4. The number of aromatic hydroxyl groups is 2. The van der Waals surface area contributed by atoms with Crippen molar-refractivity contribution >= 4 is 45.5 Å². The summed E-state index contributed by atoms with van der Waals surface area (Å²) in [6.45, 7) is 0. The molecule has 4 atom stereocenters. The Kier molecular flexibility index (Phi) is 11.0. The lowest BCUT2D eigenvalue weighted by atomic mass is 10.00. The first-order valence-corrected chi connectivity index (χ1v) is 17.1. The van der Waals surface area contributed by atoms with Crippen LogP contribution in [0.15, 0.2) is 109 Å². The summed E-state index contributed by atoms with van der Waals surface area (Å²) in [4.78, 5) is 60.4. The molecule has 272 valence electrons. The van der Waals surface area contributed by atoms with E-state index >= 15 is 0 Å². The molecular formula is C40H40N6O7. The van der Waals surface area contributed by atoms with E-state index in [1.807, 2.05) is 48.5 Å². The molecule has 4 aromatic carbocycles. The molecule has 13 heteroatoms. The smallest absolute Gasteiger partial charge is 0.326 e. The number of phenolic OH excluding ortho intramolecular Hbond substituents is 2. The van der Waals surface area contributed by atoms with Crippen LogP contribution in [-0.4, -0.2) is 73.1 Å². The van der Waals surface area contributed by atoms with Crippen molar-refractivity contribution < 1.29 is 34.5 Å². The van der Waals surface area contributed by atoms with Crippen molar-refractivity contribution in [1.29, 1.82) is 0 Å². The number of nitrogens with one attached hydrogen (secondary N) is 5. The van der Waals surface area contributed by atoms with Gasteiger partial charge in [0.15, 0.2) is 0 Å². The van der Waals surface area contributed by atoms with Gasteiger partial charge in [0, 0.05) is 53.5 Å². The van der Waals surface area contributed by atoms with Gasteiger partial charge in [-0.2, -0.15) is 0 Å². The van der Waals surface area contributed by atoms with Gasteiger partial charge in [0.2, 0.25) is 17.7 Å². The summed E-state index contributed by atoms with van der Waals surface area (Å²) < 4.78 is 0. The highest BCUT2D eigenvalue weighted by Gasteiger charge is 2.32. The number of carbonyl (C=O) groups excluding carboxylic acids is 3. The first kappa shape index (κ1) is 36.2. The van der Waals surface area contributed by atoms with E-state index in [0.29, 0.717) is 16.7 Å². The number of H-pyrrole nitrogens is 2. The Morgan fingerprint density at radius 2 is 0.962 bits per heavy atom. The van der Waals surface area contributed by atoms with Gasteiger partial charge in [-0.15, -0.1) is 0 Å². The first-order valence-electron chi connectivity index (χ1n) is 17.1. The van der Waals surface area contributed by atoms with Gasteiger partial charge in [0.25, 0.3) is 0 Å². The molecule has 2 heterocycles. The third-order valence-electron chi connectivity index (χ3n) is 9.18. The molecule has 4 unspecified atom stereocenters. The summed E-state index contributed by atoms with van der Waals surface area (Å²) in [5, 5.41) is 39.4. The van der Waals surface area contributed by atoms with Crippen LogP contribution in [-0.2, 0) is 44.9 Å². The number of aromatic nitrogens is 2. The highest BCUT2D eigenvalue weighted by atomic mass is 16.4. The average molecular weight is 717 g/mol. The Balaban J connectivity index is 1.25. The monoisotopic (exact) mass is 716 g/mol. The van der Waals surface area contributed by atoms with Crippen LogP contribution in [0.5, 0.6) is 11.5 Å². The summed E-state index contributed by atoms with van der Waals surface area (Å²) in [6, 6.07) is 22.4. The molecule has 0 radical (unpaired) electrons. The van der Waals surface area contributed by atoms with E-state index in [9.17, 15) is 34.5 Å². The second kappa shape index (κ2) is 16.2. The number of nitrogens with two attached hydrogens (primary N) is 1. The van der Waals surface area contributed by atoms with Gasteiger partial charge in [-0.05, 0) is 65.1 Å². The van der Waals surface area contributed by atoms with Crippen molar-refractivity contribution in [3.05, 3.63) is 132 Å². The molecule has 0 saturated carbocycles. The quantitative estimate of drug-likeness (QED) is 0.0766. The predicted octanol–water partition coefficient (Wildman–Crippen LogP) is 3.20. The summed E-state index contributed by atoms with van der Waals surface area (Å²) in [7, 11) is 0. The Morgan fingerprint density at radius 3 is 1.47 bits per heavy atom. The fourth-order valence-electron chi connectivity index (χ4n) is 6.33.